The Kier molecular flexibility index (Phi) is 5.42. The van der Waals surface area contributed by atoms with Crippen molar-refractivity contribution in [2.75, 3.05) is 25.5 Å². The van der Waals surface area contributed by atoms with Gasteiger partial charge in [-0.3, -0.25) is 9.47 Å². The Bertz CT molecular complexity index is 1240. The number of nitrogens with zero attached hydrogens (tertiary/aromatic N) is 4. The molecule has 4 heterocycles. The van der Waals surface area contributed by atoms with Gasteiger partial charge in [0.25, 0.3) is 0 Å². The Morgan fingerprint density at radius 3 is 2.81 bits per heavy atom. The molecule has 0 bridgehead atoms. The predicted molar refractivity (Wildman–Crippen MR) is 124 cm³/mol. The van der Waals surface area contributed by atoms with E-state index in [1.807, 2.05) is 35.8 Å². The van der Waals surface area contributed by atoms with E-state index in [9.17, 15) is 5.11 Å². The molecule has 0 radical (unpaired) electrons. The highest BCUT2D eigenvalue weighted by molar-refractivity contribution is 5.82. The van der Waals surface area contributed by atoms with Gasteiger partial charge < -0.3 is 20.1 Å². The average Bonchev–Trinajstić information content (AvgIpc) is 3.36. The van der Waals surface area contributed by atoms with Crippen LogP contribution in [0, 0.1) is 6.92 Å². The summed E-state index contributed by atoms with van der Waals surface area (Å²) in [6.07, 6.45) is 1.60. The third-order valence-corrected chi connectivity index (χ3v) is 6.03. The number of benzene rings is 1. The van der Waals surface area contributed by atoms with Gasteiger partial charge in [0.1, 0.15) is 18.0 Å². The molecule has 1 aromatic carbocycles. The minimum Gasteiger partial charge on any atom is -0.389 e. The van der Waals surface area contributed by atoms with Gasteiger partial charge in [0.05, 0.1) is 23.2 Å². The molecule has 3 aromatic heterocycles. The number of nitrogens with one attached hydrogen (secondary N) is 2. The number of anilines is 2. The largest absolute Gasteiger partial charge is 0.389 e. The summed E-state index contributed by atoms with van der Waals surface area (Å²) in [6, 6.07) is 14.1. The number of aryl methyl sites for hydroxylation is 1. The predicted octanol–water partition coefficient (Wildman–Crippen LogP) is 3.68. The van der Waals surface area contributed by atoms with Crippen molar-refractivity contribution in [3.05, 3.63) is 65.7 Å². The molecule has 1 unspecified atom stereocenters. The second-order valence-corrected chi connectivity index (χ2v) is 8.41. The molecule has 0 amide bonds. The van der Waals surface area contributed by atoms with Gasteiger partial charge in [-0.1, -0.05) is 6.07 Å². The van der Waals surface area contributed by atoms with Crippen LogP contribution in [0.5, 0.6) is 0 Å². The maximum absolute atomic E-state index is 9.89. The fraction of sp³-hybridized carbons (Fsp3) is 0.333. The minimum atomic E-state index is -0.542. The molecule has 1 aliphatic heterocycles. The van der Waals surface area contributed by atoms with Crippen LogP contribution in [0.1, 0.15) is 30.0 Å². The van der Waals surface area contributed by atoms with Crippen LogP contribution in [0.3, 0.4) is 0 Å². The molecule has 1 aliphatic rings. The van der Waals surface area contributed by atoms with Crippen molar-refractivity contribution < 1.29 is 9.84 Å². The fourth-order valence-corrected chi connectivity index (χ4v) is 4.20. The lowest BCUT2D eigenvalue weighted by Crippen LogP contribution is -2.50. The third kappa shape index (κ3) is 4.00. The van der Waals surface area contributed by atoms with Crippen molar-refractivity contribution in [3.8, 4) is 5.82 Å². The number of hydrogen-bond donors (Lipinski definition) is 3. The first-order chi connectivity index (χ1) is 15.5. The van der Waals surface area contributed by atoms with Crippen LogP contribution in [-0.4, -0.2) is 55.8 Å². The SMILES string of the molecule is COC1CN(Cc2ccc(Nc3ccc4ncn(-c5ccc(C(C)O)c(C)n5)c4c3)[nH]2)C1. The molecule has 8 heteroatoms. The number of hydrogen-bond acceptors (Lipinski definition) is 6. The van der Waals surface area contributed by atoms with Crippen molar-refractivity contribution in [1.82, 2.24) is 24.4 Å². The molecule has 4 aromatic rings. The number of rotatable bonds is 7. The van der Waals surface area contributed by atoms with Gasteiger partial charge in [0.15, 0.2) is 0 Å². The maximum atomic E-state index is 9.89. The molecule has 8 nitrogen and oxygen atoms in total. The third-order valence-electron chi connectivity index (χ3n) is 6.03. The first kappa shape index (κ1) is 20.7. The molecule has 0 spiro atoms. The summed E-state index contributed by atoms with van der Waals surface area (Å²) in [5, 5.41) is 13.3. The van der Waals surface area contributed by atoms with Crippen LogP contribution in [0.25, 0.3) is 16.9 Å². The van der Waals surface area contributed by atoms with Crippen LogP contribution >= 0.6 is 0 Å². The van der Waals surface area contributed by atoms with Gasteiger partial charge >= 0.3 is 0 Å². The van der Waals surface area contributed by atoms with Crippen LogP contribution < -0.4 is 5.32 Å². The summed E-state index contributed by atoms with van der Waals surface area (Å²) in [5.74, 6) is 1.72. The second-order valence-electron chi connectivity index (χ2n) is 8.41. The second kappa shape index (κ2) is 8.38. The van der Waals surface area contributed by atoms with Gasteiger partial charge in [-0.15, -0.1) is 0 Å². The normalized spacial score (nSPS) is 15.8. The van der Waals surface area contributed by atoms with Crippen molar-refractivity contribution in [2.45, 2.75) is 32.6 Å². The Morgan fingerprint density at radius 2 is 2.06 bits per heavy atom. The Balaban J connectivity index is 1.35. The van der Waals surface area contributed by atoms with Crippen LogP contribution in [0.15, 0.2) is 48.8 Å². The summed E-state index contributed by atoms with van der Waals surface area (Å²) in [5.41, 5.74) is 5.64. The van der Waals surface area contributed by atoms with Gasteiger partial charge in [-0.05, 0) is 50.2 Å². The smallest absolute Gasteiger partial charge is 0.138 e. The lowest BCUT2D eigenvalue weighted by atomic mass is 10.1. The highest BCUT2D eigenvalue weighted by Crippen LogP contribution is 2.25. The van der Waals surface area contributed by atoms with E-state index in [4.69, 9.17) is 4.74 Å². The first-order valence-electron chi connectivity index (χ1n) is 10.8. The van der Waals surface area contributed by atoms with E-state index in [0.717, 1.165) is 59.2 Å². The summed E-state index contributed by atoms with van der Waals surface area (Å²) in [4.78, 5) is 15.0. The molecular weight excluding hydrogens is 404 g/mol. The maximum Gasteiger partial charge on any atom is 0.138 e. The summed E-state index contributed by atoms with van der Waals surface area (Å²) < 4.78 is 7.31. The Morgan fingerprint density at radius 1 is 1.22 bits per heavy atom. The van der Waals surface area contributed by atoms with Gasteiger partial charge in [0.2, 0.25) is 0 Å². The number of aliphatic hydroxyl groups excluding tert-OH is 1. The number of pyridine rings is 1. The van der Waals surface area contributed by atoms with E-state index in [1.54, 1.807) is 20.4 Å². The van der Waals surface area contributed by atoms with Crippen molar-refractivity contribution in [3.63, 3.8) is 0 Å². The number of ether oxygens (including phenoxy) is 1. The monoisotopic (exact) mass is 432 g/mol. The lowest BCUT2D eigenvalue weighted by molar-refractivity contribution is -0.0338. The van der Waals surface area contributed by atoms with Crippen molar-refractivity contribution in [2.24, 2.45) is 0 Å². The molecule has 1 atom stereocenters. The zero-order valence-corrected chi connectivity index (χ0v) is 18.5. The van der Waals surface area contributed by atoms with Gasteiger partial charge in [0, 0.05) is 49.4 Å². The molecule has 0 aliphatic carbocycles. The number of methoxy groups -OCH3 is 1. The zero-order valence-electron chi connectivity index (χ0n) is 18.5. The van der Waals surface area contributed by atoms with E-state index in [-0.39, 0.29) is 0 Å². The lowest BCUT2D eigenvalue weighted by Gasteiger charge is -2.37. The number of aromatic nitrogens is 4. The highest BCUT2D eigenvalue weighted by Gasteiger charge is 2.26. The number of aliphatic hydroxyl groups is 1. The van der Waals surface area contributed by atoms with E-state index >= 15 is 0 Å². The minimum absolute atomic E-state index is 0.362. The van der Waals surface area contributed by atoms with E-state index in [1.165, 1.54) is 5.69 Å². The molecular formula is C24H28N6O2. The van der Waals surface area contributed by atoms with Crippen LogP contribution in [-0.2, 0) is 11.3 Å². The quantitative estimate of drug-likeness (QED) is 0.413. The number of imidazole rings is 1. The summed E-state index contributed by atoms with van der Waals surface area (Å²) in [7, 11) is 1.77. The molecule has 1 saturated heterocycles. The standard InChI is InChI=1S/C24H28N6O2/c1-15-20(16(2)31)6-9-24(26-15)30-14-25-21-7-4-17(10-22(21)30)27-23-8-5-18(28-23)11-29-12-19(13-29)32-3/h4-10,14,16,19,27-28,31H,11-13H2,1-3H3. The zero-order chi connectivity index (χ0) is 22.2. The first-order valence-corrected chi connectivity index (χ1v) is 10.8. The molecule has 5 rings (SSSR count). The Hall–Kier alpha value is -3.20. The van der Waals surface area contributed by atoms with E-state index < -0.39 is 6.10 Å². The molecule has 3 N–H and O–H groups in total. The highest BCUT2D eigenvalue weighted by atomic mass is 16.5. The van der Waals surface area contributed by atoms with Gasteiger partial charge in [-0.2, -0.15) is 0 Å². The van der Waals surface area contributed by atoms with E-state index in [2.05, 4.69) is 43.4 Å². The molecule has 166 valence electrons. The van der Waals surface area contributed by atoms with E-state index in [0.29, 0.717) is 6.10 Å². The number of fused-ring (bicyclic) bond motifs is 1. The van der Waals surface area contributed by atoms with Crippen molar-refractivity contribution in [1.29, 1.82) is 0 Å². The summed E-state index contributed by atoms with van der Waals surface area (Å²) >= 11 is 0. The van der Waals surface area contributed by atoms with Crippen molar-refractivity contribution >= 4 is 22.5 Å². The molecule has 0 saturated carbocycles. The number of H-pyrrole nitrogens is 1. The Labute approximate surface area is 186 Å². The molecule has 1 fully saturated rings. The number of likely N-dealkylation sites (tertiary alicyclic amines) is 1. The van der Waals surface area contributed by atoms with Crippen LogP contribution in [0.4, 0.5) is 11.5 Å². The summed E-state index contributed by atoms with van der Waals surface area (Å²) in [6.45, 7) is 6.51. The molecule has 32 heavy (non-hydrogen) atoms. The topological polar surface area (TPSA) is 91.2 Å². The fourth-order valence-electron chi connectivity index (χ4n) is 4.20. The van der Waals surface area contributed by atoms with Gasteiger partial charge in [-0.25, -0.2) is 9.97 Å². The number of aromatic amines is 1. The average molecular weight is 433 g/mol. The van der Waals surface area contributed by atoms with Crippen LogP contribution in [0.2, 0.25) is 0 Å².